The van der Waals surface area contributed by atoms with Gasteiger partial charge in [0, 0.05) is 24.0 Å². The minimum Gasteiger partial charge on any atom is -0.460 e. The number of hydrogen-bond donors (Lipinski definition) is 0. The second-order valence-corrected chi connectivity index (χ2v) is 14.2. The molecule has 4 aliphatic carbocycles. The van der Waals surface area contributed by atoms with Crippen molar-refractivity contribution in [2.75, 3.05) is 0 Å². The van der Waals surface area contributed by atoms with Gasteiger partial charge in [-0.3, -0.25) is 19.2 Å². The van der Waals surface area contributed by atoms with Gasteiger partial charge < -0.3 is 18.9 Å². The van der Waals surface area contributed by atoms with Crippen LogP contribution in [0.3, 0.4) is 0 Å². The lowest BCUT2D eigenvalue weighted by molar-refractivity contribution is -0.165. The second kappa shape index (κ2) is 10.9. The minimum absolute atomic E-state index is 0.00556. The Morgan fingerprint density at radius 3 is 1.51 bits per heavy atom. The SMILES string of the molecule is C=C1C(=O)OC2CC(C)C3C=CC(=O)C3(C)C(OC(=O)CCCC(=O)OC3C4C(=C)C(=O)OC4CC(C)C4C=CC(=O)C43C)C12. The van der Waals surface area contributed by atoms with E-state index < -0.39 is 71.0 Å². The fourth-order valence-electron chi connectivity index (χ4n) is 9.07. The highest BCUT2D eigenvalue weighted by molar-refractivity contribution is 6.00. The van der Waals surface area contributed by atoms with Crippen LogP contribution in [0.1, 0.15) is 59.8 Å². The van der Waals surface area contributed by atoms with Gasteiger partial charge in [-0.05, 0) is 68.9 Å². The minimum atomic E-state index is -1.09. The summed E-state index contributed by atoms with van der Waals surface area (Å²) in [5, 5.41) is 0. The Bertz CT molecular complexity index is 1360. The molecule has 0 aromatic rings. The molecule has 0 amide bonds. The third-order valence-electron chi connectivity index (χ3n) is 11.6. The quantitative estimate of drug-likeness (QED) is 0.245. The molecule has 12 unspecified atom stereocenters. The summed E-state index contributed by atoms with van der Waals surface area (Å²) < 4.78 is 23.2. The Morgan fingerprint density at radius 1 is 0.756 bits per heavy atom. The third-order valence-corrected chi connectivity index (χ3v) is 11.6. The van der Waals surface area contributed by atoms with Crippen molar-refractivity contribution in [3.05, 3.63) is 48.6 Å². The van der Waals surface area contributed by atoms with Gasteiger partial charge in [0.25, 0.3) is 0 Å². The maximum absolute atomic E-state index is 13.3. The topological polar surface area (TPSA) is 139 Å². The Morgan fingerprint density at radius 2 is 1.13 bits per heavy atom. The molecule has 240 valence electrons. The van der Waals surface area contributed by atoms with Crippen molar-refractivity contribution in [3.8, 4) is 0 Å². The summed E-state index contributed by atoms with van der Waals surface area (Å²) in [6.07, 6.45) is 4.50. The number of hydrogen-bond acceptors (Lipinski definition) is 10. The molecule has 0 radical (unpaired) electrons. The molecular weight excluding hydrogens is 580 g/mol. The predicted octanol–water partition coefficient (Wildman–Crippen LogP) is 3.78. The van der Waals surface area contributed by atoms with Crippen LogP contribution < -0.4 is 0 Å². The summed E-state index contributed by atoms with van der Waals surface area (Å²) in [6, 6.07) is 0. The molecule has 6 rings (SSSR count). The average Bonchev–Trinajstić information content (AvgIpc) is 3.60. The number of carbonyl (C=O) groups is 6. The fourth-order valence-corrected chi connectivity index (χ4v) is 9.07. The summed E-state index contributed by atoms with van der Waals surface area (Å²) in [7, 11) is 0. The van der Waals surface area contributed by atoms with Crippen LogP contribution >= 0.6 is 0 Å². The summed E-state index contributed by atoms with van der Waals surface area (Å²) in [5.41, 5.74) is -1.81. The third kappa shape index (κ3) is 4.65. The number of rotatable bonds is 6. The maximum atomic E-state index is 13.3. The first-order valence-corrected chi connectivity index (χ1v) is 15.8. The second-order valence-electron chi connectivity index (χ2n) is 14.2. The van der Waals surface area contributed by atoms with E-state index >= 15 is 0 Å². The van der Waals surface area contributed by atoms with E-state index in [-0.39, 0.29) is 65.6 Å². The van der Waals surface area contributed by atoms with Crippen molar-refractivity contribution in [1.82, 2.24) is 0 Å². The molecule has 0 aromatic carbocycles. The molecule has 2 saturated heterocycles. The Hall–Kier alpha value is -3.82. The van der Waals surface area contributed by atoms with E-state index in [1.807, 2.05) is 26.0 Å². The smallest absolute Gasteiger partial charge is 0.334 e. The first kappa shape index (κ1) is 31.2. The molecule has 2 saturated carbocycles. The van der Waals surface area contributed by atoms with Crippen molar-refractivity contribution in [2.45, 2.75) is 84.2 Å². The number of fused-ring (bicyclic) bond motifs is 4. The van der Waals surface area contributed by atoms with Gasteiger partial charge in [0.05, 0.1) is 22.7 Å². The number of ketones is 2. The van der Waals surface area contributed by atoms with Crippen LogP contribution in [0.25, 0.3) is 0 Å². The zero-order valence-electron chi connectivity index (χ0n) is 26.1. The lowest BCUT2D eigenvalue weighted by Crippen LogP contribution is -2.49. The van der Waals surface area contributed by atoms with Crippen molar-refractivity contribution >= 4 is 35.4 Å². The Balaban J connectivity index is 1.15. The Kier molecular flexibility index (Phi) is 7.56. The fraction of sp³-hybridized carbons (Fsp3) is 0.600. The molecule has 6 aliphatic rings. The standard InChI is InChI=1S/C35H40O10/c1-16-14-22-28(18(3)32(40)42-22)30(34(5)20(16)10-12-24(34)36)44-26(38)8-7-9-27(39)45-31-29-19(4)33(41)43-23(29)15-17(2)21-11-13-25(37)35(21,31)6/h10-13,16-17,20-23,28-31H,3-4,7-9,14-15H2,1-2,5-6H3. The first-order chi connectivity index (χ1) is 21.2. The summed E-state index contributed by atoms with van der Waals surface area (Å²) in [5.74, 6) is -4.46. The molecule has 10 nitrogen and oxygen atoms in total. The Labute approximate surface area is 262 Å². The van der Waals surface area contributed by atoms with Crippen LogP contribution in [0.4, 0.5) is 0 Å². The van der Waals surface area contributed by atoms with E-state index in [2.05, 4.69) is 13.2 Å². The van der Waals surface area contributed by atoms with E-state index in [1.54, 1.807) is 13.8 Å². The molecule has 10 heteroatoms. The van der Waals surface area contributed by atoms with Crippen molar-refractivity contribution in [2.24, 2.45) is 46.3 Å². The highest BCUT2D eigenvalue weighted by Crippen LogP contribution is 2.56. The zero-order chi connectivity index (χ0) is 32.6. The maximum Gasteiger partial charge on any atom is 0.334 e. The monoisotopic (exact) mass is 620 g/mol. The molecule has 0 bridgehead atoms. The molecule has 0 spiro atoms. The molecule has 0 N–H and O–H groups in total. The van der Waals surface area contributed by atoms with Gasteiger partial charge in [0.1, 0.15) is 24.4 Å². The zero-order valence-corrected chi connectivity index (χ0v) is 26.1. The van der Waals surface area contributed by atoms with Crippen LogP contribution in [0.5, 0.6) is 0 Å². The number of carbonyl (C=O) groups excluding carboxylic acids is 6. The van der Waals surface area contributed by atoms with E-state index in [1.165, 1.54) is 12.2 Å². The highest BCUT2D eigenvalue weighted by atomic mass is 16.6. The van der Waals surface area contributed by atoms with Gasteiger partial charge in [-0.25, -0.2) is 9.59 Å². The van der Waals surface area contributed by atoms with Crippen molar-refractivity contribution < 1.29 is 47.7 Å². The molecule has 2 aliphatic heterocycles. The lowest BCUT2D eigenvalue weighted by Gasteiger charge is -2.39. The summed E-state index contributed by atoms with van der Waals surface area (Å²) >= 11 is 0. The van der Waals surface area contributed by atoms with E-state index in [0.29, 0.717) is 12.8 Å². The van der Waals surface area contributed by atoms with E-state index in [4.69, 9.17) is 18.9 Å². The first-order valence-electron chi connectivity index (χ1n) is 15.8. The van der Waals surface area contributed by atoms with Crippen LogP contribution in [-0.4, -0.2) is 59.9 Å². The lowest BCUT2D eigenvalue weighted by atomic mass is 9.67. The normalized spacial score (nSPS) is 43.1. The van der Waals surface area contributed by atoms with Gasteiger partial charge in [-0.1, -0.05) is 39.2 Å². The molecule has 12 atom stereocenters. The van der Waals surface area contributed by atoms with Gasteiger partial charge in [-0.2, -0.15) is 0 Å². The van der Waals surface area contributed by atoms with Crippen LogP contribution in [0, 0.1) is 46.3 Å². The van der Waals surface area contributed by atoms with Gasteiger partial charge in [0.2, 0.25) is 0 Å². The van der Waals surface area contributed by atoms with Crippen LogP contribution in [0.2, 0.25) is 0 Å². The van der Waals surface area contributed by atoms with E-state index in [9.17, 15) is 28.8 Å². The predicted molar refractivity (Wildman–Crippen MR) is 158 cm³/mol. The number of ether oxygens (including phenoxy) is 4. The molecular formula is C35H40O10. The largest absolute Gasteiger partial charge is 0.460 e. The highest BCUT2D eigenvalue weighted by Gasteiger charge is 2.63. The van der Waals surface area contributed by atoms with Crippen molar-refractivity contribution in [3.63, 3.8) is 0 Å². The average molecular weight is 621 g/mol. The van der Waals surface area contributed by atoms with Crippen LogP contribution in [0.15, 0.2) is 48.6 Å². The summed E-state index contributed by atoms with van der Waals surface area (Å²) in [6.45, 7) is 15.3. The van der Waals surface area contributed by atoms with Gasteiger partial charge >= 0.3 is 23.9 Å². The van der Waals surface area contributed by atoms with Gasteiger partial charge in [0.15, 0.2) is 11.6 Å². The molecule has 45 heavy (non-hydrogen) atoms. The summed E-state index contributed by atoms with van der Waals surface area (Å²) in [4.78, 5) is 77.9. The van der Waals surface area contributed by atoms with E-state index in [0.717, 1.165) is 0 Å². The molecule has 2 heterocycles. The molecule has 4 fully saturated rings. The van der Waals surface area contributed by atoms with Crippen molar-refractivity contribution in [1.29, 1.82) is 0 Å². The van der Waals surface area contributed by atoms with Gasteiger partial charge in [-0.15, -0.1) is 0 Å². The number of allylic oxidation sites excluding steroid dienone is 4. The van der Waals surface area contributed by atoms with Crippen LogP contribution in [-0.2, 0) is 47.7 Å². The molecule has 0 aromatic heterocycles. The number of esters is 4.